The number of phenolic OH excluding ortho intramolecular Hbond substituents is 1. The summed E-state index contributed by atoms with van der Waals surface area (Å²) in [7, 11) is 2.98. The smallest absolute Gasteiger partial charge is 0.323 e. The zero-order valence-electron chi connectivity index (χ0n) is 24.8. The molecule has 0 aliphatic carbocycles. The van der Waals surface area contributed by atoms with Crippen LogP contribution in [0.1, 0.15) is 51.1 Å². The number of rotatable bonds is 12. The van der Waals surface area contributed by atoms with Crippen LogP contribution in [0.3, 0.4) is 0 Å². The molecule has 4 aromatic rings. The maximum Gasteiger partial charge on any atom is 0.323 e. The predicted molar refractivity (Wildman–Crippen MR) is 169 cm³/mol. The van der Waals surface area contributed by atoms with Crippen LogP contribution in [-0.4, -0.2) is 48.5 Å². The fraction of sp³-hybridized carbons (Fsp3) is 0.182. The molecule has 0 bridgehead atoms. The summed E-state index contributed by atoms with van der Waals surface area (Å²) in [5.74, 6) is -0.348. The molecular weight excluding hydrogens is 580 g/mol. The van der Waals surface area contributed by atoms with Crippen LogP contribution in [0, 0.1) is 10.1 Å². The van der Waals surface area contributed by atoms with Crippen molar-refractivity contribution in [1.29, 1.82) is 0 Å². The molecule has 12 nitrogen and oxygen atoms in total. The van der Waals surface area contributed by atoms with E-state index in [9.17, 15) is 29.6 Å². The highest BCUT2D eigenvalue weighted by atomic mass is 16.6. The number of nitro benzene ring substituents is 1. The molecule has 3 amide bonds. The van der Waals surface area contributed by atoms with Gasteiger partial charge in [-0.25, -0.2) is 4.79 Å². The molecule has 0 spiro atoms. The van der Waals surface area contributed by atoms with E-state index >= 15 is 0 Å². The Hall–Kier alpha value is -5.91. The number of ether oxygens (including phenoxy) is 2. The Morgan fingerprint density at radius 3 is 2.16 bits per heavy atom. The Labute approximate surface area is 259 Å². The first-order valence-electron chi connectivity index (χ1n) is 13.9. The Morgan fingerprint density at radius 1 is 0.844 bits per heavy atom. The second kappa shape index (κ2) is 14.5. The van der Waals surface area contributed by atoms with Gasteiger partial charge in [-0.05, 0) is 66.9 Å². The van der Waals surface area contributed by atoms with Crippen LogP contribution in [-0.2, 0) is 0 Å². The summed E-state index contributed by atoms with van der Waals surface area (Å²) in [6.07, 6.45) is 0.370. The van der Waals surface area contributed by atoms with Gasteiger partial charge in [0.05, 0.1) is 24.7 Å². The number of phenols is 1. The number of nitrogens with one attached hydrogen (secondary N) is 3. The number of carbonyl (C=O) groups excluding carboxylic acids is 3. The standard InChI is InChI=1S/C33H32N4O8/c1-20(38)27-18-30(44-2)31(45-3)19-28(27)25(15-16-34-32(40)26-9-4-5-10-29(26)39)21-11-13-22(14-12-21)35-33(41)36-23-7-6-8-24(17-23)37(42)43/h4-14,17-19,25,39H,15-16H2,1-3H3,(H,34,40)(H2,35,36,41). The van der Waals surface area contributed by atoms with E-state index in [4.69, 9.17) is 9.47 Å². The first kappa shape index (κ1) is 32.0. The fourth-order valence-electron chi connectivity index (χ4n) is 4.87. The fourth-order valence-corrected chi connectivity index (χ4v) is 4.87. The third-order valence-electron chi connectivity index (χ3n) is 7.06. The van der Waals surface area contributed by atoms with Crippen LogP contribution in [0.4, 0.5) is 21.9 Å². The third kappa shape index (κ3) is 7.93. The average Bonchev–Trinajstić information content (AvgIpc) is 3.03. The van der Waals surface area contributed by atoms with Crippen molar-refractivity contribution < 1.29 is 33.9 Å². The summed E-state index contributed by atoms with van der Waals surface area (Å²) in [5, 5.41) is 29.2. The number of aromatic hydroxyl groups is 1. The minimum absolute atomic E-state index is 0.136. The normalized spacial score (nSPS) is 11.2. The van der Waals surface area contributed by atoms with Gasteiger partial charge in [-0.15, -0.1) is 0 Å². The van der Waals surface area contributed by atoms with E-state index in [1.54, 1.807) is 48.5 Å². The number of amides is 3. The number of carbonyl (C=O) groups is 3. The van der Waals surface area contributed by atoms with Gasteiger partial charge in [0.25, 0.3) is 11.6 Å². The second-order valence-electron chi connectivity index (χ2n) is 9.97. The molecule has 0 radical (unpaired) electrons. The number of benzene rings is 4. The lowest BCUT2D eigenvalue weighted by atomic mass is 9.84. The lowest BCUT2D eigenvalue weighted by molar-refractivity contribution is -0.384. The molecule has 4 aromatic carbocycles. The molecule has 0 saturated carbocycles. The van der Waals surface area contributed by atoms with Crippen molar-refractivity contribution in [3.05, 3.63) is 117 Å². The van der Waals surface area contributed by atoms with Crippen LogP contribution < -0.4 is 25.4 Å². The van der Waals surface area contributed by atoms with E-state index in [-0.39, 0.29) is 35.0 Å². The van der Waals surface area contributed by atoms with Crippen molar-refractivity contribution in [2.24, 2.45) is 0 Å². The maximum absolute atomic E-state index is 12.8. The Balaban J connectivity index is 1.59. The zero-order valence-corrected chi connectivity index (χ0v) is 24.8. The highest BCUT2D eigenvalue weighted by molar-refractivity contribution is 6.00. The lowest BCUT2D eigenvalue weighted by Gasteiger charge is -2.23. The van der Waals surface area contributed by atoms with Gasteiger partial charge in [-0.2, -0.15) is 0 Å². The number of hydrogen-bond donors (Lipinski definition) is 4. The zero-order chi connectivity index (χ0) is 32.5. The molecule has 0 fully saturated rings. The summed E-state index contributed by atoms with van der Waals surface area (Å²) in [6, 6.07) is 21.5. The number of urea groups is 1. The summed E-state index contributed by atoms with van der Waals surface area (Å²) >= 11 is 0. The molecule has 4 rings (SSSR count). The summed E-state index contributed by atoms with van der Waals surface area (Å²) in [5.41, 5.74) is 2.56. The van der Waals surface area contributed by atoms with Crippen molar-refractivity contribution in [2.75, 3.05) is 31.4 Å². The first-order valence-corrected chi connectivity index (χ1v) is 13.9. The third-order valence-corrected chi connectivity index (χ3v) is 7.06. The number of ketones is 1. The van der Waals surface area contributed by atoms with Crippen molar-refractivity contribution in [1.82, 2.24) is 5.32 Å². The van der Waals surface area contributed by atoms with Gasteiger partial charge in [-0.3, -0.25) is 19.7 Å². The van der Waals surface area contributed by atoms with Gasteiger partial charge in [0.1, 0.15) is 5.75 Å². The molecule has 232 valence electrons. The monoisotopic (exact) mass is 612 g/mol. The van der Waals surface area contributed by atoms with E-state index in [0.29, 0.717) is 34.7 Å². The number of hydrogen-bond acceptors (Lipinski definition) is 8. The Bertz CT molecular complexity index is 1720. The van der Waals surface area contributed by atoms with Crippen LogP contribution in [0.15, 0.2) is 84.9 Å². The molecule has 4 N–H and O–H groups in total. The van der Waals surface area contributed by atoms with Crippen LogP contribution in [0.25, 0.3) is 0 Å². The summed E-state index contributed by atoms with van der Waals surface area (Å²) < 4.78 is 10.9. The largest absolute Gasteiger partial charge is 0.507 e. The topological polar surface area (TPSA) is 169 Å². The molecule has 0 saturated heterocycles. The van der Waals surface area contributed by atoms with Crippen LogP contribution >= 0.6 is 0 Å². The molecule has 0 aliphatic heterocycles. The number of nitrogens with zero attached hydrogens (tertiary/aromatic N) is 1. The van der Waals surface area contributed by atoms with E-state index < -0.39 is 22.8 Å². The molecule has 45 heavy (non-hydrogen) atoms. The minimum atomic E-state index is -0.592. The quantitative estimate of drug-likeness (QED) is 0.0843. The summed E-state index contributed by atoms with van der Waals surface area (Å²) in [6.45, 7) is 1.66. The SMILES string of the molecule is COc1cc(C(C)=O)c(C(CCNC(=O)c2ccccc2O)c2ccc(NC(=O)Nc3cccc([N+](=O)[O-])c3)cc2)cc1OC. The number of methoxy groups -OCH3 is 2. The van der Waals surface area contributed by atoms with Crippen molar-refractivity contribution in [3.63, 3.8) is 0 Å². The molecule has 0 aromatic heterocycles. The summed E-state index contributed by atoms with van der Waals surface area (Å²) in [4.78, 5) is 48.6. The number of non-ortho nitro benzene ring substituents is 1. The van der Waals surface area contributed by atoms with Crippen LogP contribution in [0.2, 0.25) is 0 Å². The van der Waals surface area contributed by atoms with Gasteiger partial charge < -0.3 is 30.5 Å². The number of nitro groups is 1. The average molecular weight is 613 g/mol. The van der Waals surface area contributed by atoms with E-state index in [1.165, 1.54) is 57.5 Å². The van der Waals surface area contributed by atoms with Gasteiger partial charge >= 0.3 is 6.03 Å². The molecule has 1 unspecified atom stereocenters. The highest BCUT2D eigenvalue weighted by Gasteiger charge is 2.24. The van der Waals surface area contributed by atoms with Gasteiger partial charge in [0, 0.05) is 41.5 Å². The van der Waals surface area contributed by atoms with Gasteiger partial charge in [-0.1, -0.05) is 30.3 Å². The Morgan fingerprint density at radius 2 is 1.51 bits per heavy atom. The van der Waals surface area contributed by atoms with Crippen molar-refractivity contribution >= 4 is 34.8 Å². The number of para-hydroxylation sites is 1. The molecule has 0 heterocycles. The first-order chi connectivity index (χ1) is 21.6. The number of Topliss-reactive ketones (excluding diaryl/α,β-unsaturated/α-hetero) is 1. The van der Waals surface area contributed by atoms with Crippen molar-refractivity contribution in [3.8, 4) is 17.2 Å². The molecule has 0 aliphatic rings. The van der Waals surface area contributed by atoms with E-state index in [2.05, 4.69) is 16.0 Å². The van der Waals surface area contributed by atoms with Gasteiger partial charge in [0.2, 0.25) is 0 Å². The van der Waals surface area contributed by atoms with E-state index in [0.717, 1.165) is 5.56 Å². The second-order valence-corrected chi connectivity index (χ2v) is 9.97. The molecule has 1 atom stereocenters. The molecule has 12 heteroatoms. The van der Waals surface area contributed by atoms with Crippen molar-refractivity contribution in [2.45, 2.75) is 19.3 Å². The molecular formula is C33H32N4O8. The lowest BCUT2D eigenvalue weighted by Crippen LogP contribution is -2.26. The predicted octanol–water partition coefficient (Wildman–Crippen LogP) is 6.12. The van der Waals surface area contributed by atoms with Gasteiger partial charge in [0.15, 0.2) is 17.3 Å². The van der Waals surface area contributed by atoms with Crippen LogP contribution in [0.5, 0.6) is 17.2 Å². The maximum atomic E-state index is 12.8. The van der Waals surface area contributed by atoms with E-state index in [1.807, 2.05) is 0 Å². The minimum Gasteiger partial charge on any atom is -0.507 e. The highest BCUT2D eigenvalue weighted by Crippen LogP contribution is 2.38. The number of anilines is 2. The Kier molecular flexibility index (Phi) is 10.3.